The first kappa shape index (κ1) is 19.2. The highest BCUT2D eigenvalue weighted by Gasteiger charge is 2.40. The van der Waals surface area contributed by atoms with Crippen molar-refractivity contribution in [3.8, 4) is 5.75 Å². The molecule has 7 heteroatoms. The van der Waals surface area contributed by atoms with Crippen molar-refractivity contribution in [2.45, 2.75) is 25.4 Å². The van der Waals surface area contributed by atoms with Crippen LogP contribution in [0.15, 0.2) is 53.7 Å². The summed E-state index contributed by atoms with van der Waals surface area (Å²) < 4.78 is 56.1. The van der Waals surface area contributed by atoms with Gasteiger partial charge in [0, 0.05) is 5.92 Å². The Morgan fingerprint density at radius 1 is 1.11 bits per heavy atom. The number of hydrogen-bond acceptors (Lipinski definition) is 3. The maximum absolute atomic E-state index is 13.0. The van der Waals surface area contributed by atoms with E-state index in [0.717, 1.165) is 29.8 Å². The second-order valence-corrected chi connectivity index (χ2v) is 6.44. The van der Waals surface area contributed by atoms with Crippen LogP contribution in [0.4, 0.5) is 17.6 Å². The number of oxime groups is 1. The Morgan fingerprint density at radius 3 is 2.56 bits per heavy atom. The number of hydrogen-bond donors (Lipinski definition) is 0. The van der Waals surface area contributed by atoms with Gasteiger partial charge in [-0.25, -0.2) is 4.39 Å². The molecule has 1 aliphatic carbocycles. The fraction of sp³-hybridized carbons (Fsp3) is 0.350. The van der Waals surface area contributed by atoms with Crippen molar-refractivity contribution in [2.75, 3.05) is 13.2 Å². The minimum absolute atomic E-state index is 0.0874. The fourth-order valence-corrected chi connectivity index (χ4v) is 2.91. The number of alkyl halides is 3. The molecule has 1 fully saturated rings. The summed E-state index contributed by atoms with van der Waals surface area (Å²) in [6.07, 6.45) is -3.46. The van der Waals surface area contributed by atoms with Crippen molar-refractivity contribution in [1.29, 1.82) is 0 Å². The first-order valence-electron chi connectivity index (χ1n) is 8.56. The lowest BCUT2D eigenvalue weighted by Gasteiger charge is -2.10. The van der Waals surface area contributed by atoms with Gasteiger partial charge in [-0.3, -0.25) is 0 Å². The van der Waals surface area contributed by atoms with E-state index in [4.69, 9.17) is 9.57 Å². The van der Waals surface area contributed by atoms with Crippen LogP contribution in [0.5, 0.6) is 5.75 Å². The number of halogens is 4. The van der Waals surface area contributed by atoms with Crippen LogP contribution in [0.3, 0.4) is 0 Å². The SMILES string of the molecule is C/C(=N/OCCOc1cccc(C(F)(F)F)c1)[C@@H]1C[C@@H]1c1ccc(F)cc1. The molecule has 144 valence electrons. The van der Waals surface area contributed by atoms with E-state index in [9.17, 15) is 17.6 Å². The Balaban J connectivity index is 1.42. The molecule has 2 aromatic rings. The van der Waals surface area contributed by atoms with Gasteiger partial charge in [-0.2, -0.15) is 13.2 Å². The van der Waals surface area contributed by atoms with Crippen LogP contribution in [0.25, 0.3) is 0 Å². The molecular weight excluding hydrogens is 362 g/mol. The largest absolute Gasteiger partial charge is 0.490 e. The van der Waals surface area contributed by atoms with Crippen LogP contribution < -0.4 is 4.74 Å². The van der Waals surface area contributed by atoms with Crippen molar-refractivity contribution in [2.24, 2.45) is 11.1 Å². The lowest BCUT2D eigenvalue weighted by Crippen LogP contribution is -2.08. The van der Waals surface area contributed by atoms with E-state index in [2.05, 4.69) is 5.16 Å². The maximum atomic E-state index is 13.0. The molecule has 3 nitrogen and oxygen atoms in total. The van der Waals surface area contributed by atoms with Gasteiger partial charge in [0.25, 0.3) is 0 Å². The Hall–Kier alpha value is -2.57. The van der Waals surface area contributed by atoms with Crippen LogP contribution in [0.2, 0.25) is 0 Å². The van der Waals surface area contributed by atoms with Gasteiger partial charge in [0.1, 0.15) is 18.2 Å². The zero-order valence-corrected chi connectivity index (χ0v) is 14.7. The van der Waals surface area contributed by atoms with Crippen molar-refractivity contribution >= 4 is 5.71 Å². The van der Waals surface area contributed by atoms with E-state index in [1.54, 1.807) is 12.1 Å². The fourth-order valence-electron chi connectivity index (χ4n) is 2.91. The average molecular weight is 381 g/mol. The summed E-state index contributed by atoms with van der Waals surface area (Å²) in [5.41, 5.74) is 1.16. The van der Waals surface area contributed by atoms with E-state index >= 15 is 0 Å². The molecule has 0 amide bonds. The summed E-state index contributed by atoms with van der Waals surface area (Å²) in [5, 5.41) is 4.05. The molecule has 0 unspecified atom stereocenters. The van der Waals surface area contributed by atoms with Gasteiger partial charge in [0.15, 0.2) is 6.61 Å². The molecule has 0 aliphatic heterocycles. The van der Waals surface area contributed by atoms with Crippen molar-refractivity contribution < 1.29 is 27.1 Å². The molecule has 0 spiro atoms. The normalized spacial score (nSPS) is 19.7. The summed E-state index contributed by atoms with van der Waals surface area (Å²) in [7, 11) is 0. The molecule has 2 atom stereocenters. The summed E-state index contributed by atoms with van der Waals surface area (Å²) in [6, 6.07) is 11.1. The molecule has 1 saturated carbocycles. The average Bonchev–Trinajstić information content (AvgIpc) is 3.42. The summed E-state index contributed by atoms with van der Waals surface area (Å²) in [6.45, 7) is 2.08. The lowest BCUT2D eigenvalue weighted by atomic mass is 10.1. The minimum atomic E-state index is -4.40. The zero-order valence-electron chi connectivity index (χ0n) is 14.7. The first-order chi connectivity index (χ1) is 12.8. The molecule has 0 aromatic heterocycles. The molecule has 1 aliphatic rings. The molecule has 0 bridgehead atoms. The van der Waals surface area contributed by atoms with Crippen LogP contribution in [0, 0.1) is 11.7 Å². The van der Waals surface area contributed by atoms with Gasteiger partial charge in [0.05, 0.1) is 11.3 Å². The van der Waals surface area contributed by atoms with Gasteiger partial charge in [-0.1, -0.05) is 23.4 Å². The van der Waals surface area contributed by atoms with Gasteiger partial charge in [0.2, 0.25) is 0 Å². The number of rotatable bonds is 7. The van der Waals surface area contributed by atoms with Crippen molar-refractivity contribution in [3.63, 3.8) is 0 Å². The Morgan fingerprint density at radius 2 is 1.85 bits per heavy atom. The molecule has 0 N–H and O–H groups in total. The highest BCUT2D eigenvalue weighted by atomic mass is 19.4. The molecular formula is C20H19F4NO2. The predicted molar refractivity (Wildman–Crippen MR) is 93.2 cm³/mol. The zero-order chi connectivity index (χ0) is 19.4. The molecule has 0 heterocycles. The van der Waals surface area contributed by atoms with E-state index in [1.807, 2.05) is 6.92 Å². The standard InChI is InChI=1S/C20H19F4NO2/c1-13(18-12-19(18)14-5-7-16(21)8-6-14)25-27-10-9-26-17-4-2-3-15(11-17)20(22,23)24/h2-8,11,18-19H,9-10,12H2,1H3/b25-13-/t18-,19+/m0/s1. The van der Waals surface area contributed by atoms with Crippen molar-refractivity contribution in [1.82, 2.24) is 0 Å². The number of nitrogens with zero attached hydrogens (tertiary/aromatic N) is 1. The maximum Gasteiger partial charge on any atom is 0.416 e. The van der Waals surface area contributed by atoms with E-state index in [0.29, 0.717) is 5.92 Å². The summed E-state index contributed by atoms with van der Waals surface area (Å²) in [4.78, 5) is 5.20. The Kier molecular flexibility index (Phi) is 5.68. The Labute approximate surface area is 154 Å². The number of ether oxygens (including phenoxy) is 1. The van der Waals surface area contributed by atoms with Gasteiger partial charge < -0.3 is 9.57 Å². The quantitative estimate of drug-likeness (QED) is 0.278. The monoisotopic (exact) mass is 381 g/mol. The first-order valence-corrected chi connectivity index (χ1v) is 8.56. The van der Waals surface area contributed by atoms with Crippen LogP contribution in [0.1, 0.15) is 30.4 Å². The van der Waals surface area contributed by atoms with Crippen molar-refractivity contribution in [3.05, 3.63) is 65.5 Å². The molecule has 27 heavy (non-hydrogen) atoms. The minimum Gasteiger partial charge on any atom is -0.490 e. The molecule has 2 aromatic carbocycles. The van der Waals surface area contributed by atoms with E-state index in [1.165, 1.54) is 24.3 Å². The van der Waals surface area contributed by atoms with Gasteiger partial charge >= 0.3 is 6.18 Å². The molecule has 0 radical (unpaired) electrons. The lowest BCUT2D eigenvalue weighted by molar-refractivity contribution is -0.137. The van der Waals surface area contributed by atoms with Gasteiger partial charge in [-0.15, -0.1) is 0 Å². The van der Waals surface area contributed by atoms with E-state index < -0.39 is 11.7 Å². The van der Waals surface area contributed by atoms with Crippen LogP contribution in [-0.2, 0) is 11.0 Å². The molecule has 0 saturated heterocycles. The smallest absolute Gasteiger partial charge is 0.416 e. The third kappa shape index (κ3) is 5.21. The van der Waals surface area contributed by atoms with E-state index in [-0.39, 0.29) is 30.7 Å². The second kappa shape index (κ2) is 7.98. The predicted octanol–water partition coefficient (Wildman–Crippen LogP) is 5.42. The third-order valence-electron chi connectivity index (χ3n) is 4.44. The molecule has 3 rings (SSSR count). The summed E-state index contributed by atoms with van der Waals surface area (Å²) >= 11 is 0. The highest BCUT2D eigenvalue weighted by molar-refractivity contribution is 5.87. The third-order valence-corrected chi connectivity index (χ3v) is 4.44. The highest BCUT2D eigenvalue weighted by Crippen LogP contribution is 2.48. The Bertz CT molecular complexity index is 802. The van der Waals surface area contributed by atoms with Gasteiger partial charge in [-0.05, 0) is 55.2 Å². The topological polar surface area (TPSA) is 30.8 Å². The van der Waals surface area contributed by atoms with Crippen LogP contribution >= 0.6 is 0 Å². The number of benzene rings is 2. The second-order valence-electron chi connectivity index (χ2n) is 6.44. The van der Waals surface area contributed by atoms with Crippen LogP contribution in [-0.4, -0.2) is 18.9 Å². The summed E-state index contributed by atoms with van der Waals surface area (Å²) in [5.74, 6) is 0.456.